The topological polar surface area (TPSA) is 79.3 Å². The van der Waals surface area contributed by atoms with Crippen molar-refractivity contribution in [3.8, 4) is 0 Å². The van der Waals surface area contributed by atoms with Crippen molar-refractivity contribution in [2.45, 2.75) is 26.2 Å². The van der Waals surface area contributed by atoms with E-state index in [0.29, 0.717) is 5.56 Å². The summed E-state index contributed by atoms with van der Waals surface area (Å²) in [7, 11) is 0. The molecule has 0 bridgehead atoms. The molecule has 2 rings (SSSR count). The van der Waals surface area contributed by atoms with Gasteiger partial charge in [0.2, 0.25) is 0 Å². The number of hydrogen-bond acceptors (Lipinski definition) is 3. The number of hydrogen-bond donors (Lipinski definition) is 2. The van der Waals surface area contributed by atoms with Crippen LogP contribution in [0.1, 0.15) is 42.2 Å². The molecule has 0 saturated heterocycles. The lowest BCUT2D eigenvalue weighted by Crippen LogP contribution is -2.26. The Kier molecular flexibility index (Phi) is 4.52. The summed E-state index contributed by atoms with van der Waals surface area (Å²) in [6.07, 6.45) is -0.0915. The maximum Gasteiger partial charge on any atom is 0.305 e. The van der Waals surface area contributed by atoms with Crippen LogP contribution in [0, 0.1) is 0 Å². The van der Waals surface area contributed by atoms with E-state index in [1.165, 1.54) is 0 Å². The number of aliphatic carboxylic acids is 1. The molecule has 0 aliphatic carbocycles. The minimum Gasteiger partial charge on any atom is -0.481 e. The largest absolute Gasteiger partial charge is 0.481 e. The summed E-state index contributed by atoms with van der Waals surface area (Å²) in [5.41, 5.74) is 2.15. The fourth-order valence-corrected chi connectivity index (χ4v) is 2.06. The van der Waals surface area contributed by atoms with Crippen molar-refractivity contribution < 1.29 is 14.7 Å². The molecule has 110 valence electrons. The molecule has 1 aromatic carbocycles. The van der Waals surface area contributed by atoms with Crippen LogP contribution in [0.4, 0.5) is 0 Å². The summed E-state index contributed by atoms with van der Waals surface area (Å²) in [6, 6.07) is 9.23. The lowest BCUT2D eigenvalue weighted by Gasteiger charge is -2.11. The Morgan fingerprint density at radius 1 is 1.29 bits per heavy atom. The number of para-hydroxylation sites is 1. The van der Waals surface area contributed by atoms with E-state index in [2.05, 4.69) is 10.3 Å². The highest BCUT2D eigenvalue weighted by Crippen LogP contribution is 2.22. The van der Waals surface area contributed by atoms with E-state index >= 15 is 0 Å². The van der Waals surface area contributed by atoms with Crippen molar-refractivity contribution >= 4 is 22.8 Å². The van der Waals surface area contributed by atoms with E-state index < -0.39 is 5.97 Å². The van der Waals surface area contributed by atoms with Crippen LogP contribution < -0.4 is 5.32 Å². The van der Waals surface area contributed by atoms with Crippen LogP contribution in [0.5, 0.6) is 0 Å². The maximum atomic E-state index is 12.3. The molecule has 1 amide bonds. The third-order valence-corrected chi connectivity index (χ3v) is 3.20. The van der Waals surface area contributed by atoms with E-state index in [0.717, 1.165) is 16.6 Å². The van der Waals surface area contributed by atoms with Crippen molar-refractivity contribution in [2.24, 2.45) is 0 Å². The first-order valence-electron chi connectivity index (χ1n) is 6.88. The number of benzene rings is 1. The third kappa shape index (κ3) is 3.56. The van der Waals surface area contributed by atoms with Gasteiger partial charge in [0.15, 0.2) is 0 Å². The lowest BCUT2D eigenvalue weighted by molar-refractivity contribution is -0.136. The van der Waals surface area contributed by atoms with Gasteiger partial charge in [-0.3, -0.25) is 14.6 Å². The predicted molar refractivity (Wildman–Crippen MR) is 80.4 cm³/mol. The SMILES string of the molecule is CC(C)c1cc(C(=O)NCCC(=O)O)c2ccccc2n1. The second-order valence-electron chi connectivity index (χ2n) is 5.17. The highest BCUT2D eigenvalue weighted by molar-refractivity contribution is 6.06. The second-order valence-corrected chi connectivity index (χ2v) is 5.17. The summed E-state index contributed by atoms with van der Waals surface area (Å²) in [4.78, 5) is 27.3. The predicted octanol–water partition coefficient (Wildman–Crippen LogP) is 2.56. The molecule has 2 aromatic rings. The zero-order valence-corrected chi connectivity index (χ0v) is 12.1. The fourth-order valence-electron chi connectivity index (χ4n) is 2.06. The molecule has 0 unspecified atom stereocenters. The second kappa shape index (κ2) is 6.35. The van der Waals surface area contributed by atoms with Gasteiger partial charge in [0, 0.05) is 17.6 Å². The van der Waals surface area contributed by atoms with Crippen molar-refractivity contribution in [3.63, 3.8) is 0 Å². The van der Waals surface area contributed by atoms with Crippen LogP contribution in [0.15, 0.2) is 30.3 Å². The molecular weight excluding hydrogens is 268 g/mol. The first-order valence-corrected chi connectivity index (χ1v) is 6.88. The van der Waals surface area contributed by atoms with Gasteiger partial charge in [0.1, 0.15) is 0 Å². The Bertz CT molecular complexity index is 680. The maximum absolute atomic E-state index is 12.3. The molecule has 0 fully saturated rings. The minimum atomic E-state index is -0.933. The molecule has 0 atom stereocenters. The van der Waals surface area contributed by atoms with E-state index in [1.54, 1.807) is 6.07 Å². The van der Waals surface area contributed by atoms with E-state index in [9.17, 15) is 9.59 Å². The van der Waals surface area contributed by atoms with Gasteiger partial charge >= 0.3 is 5.97 Å². The van der Waals surface area contributed by atoms with Gasteiger partial charge in [-0.25, -0.2) is 0 Å². The molecule has 0 radical (unpaired) electrons. The van der Waals surface area contributed by atoms with Crippen LogP contribution in [0.2, 0.25) is 0 Å². The average Bonchev–Trinajstić information content (AvgIpc) is 2.45. The Labute approximate surface area is 123 Å². The number of carbonyl (C=O) groups is 2. The first-order chi connectivity index (χ1) is 9.99. The van der Waals surface area contributed by atoms with Crippen molar-refractivity contribution in [1.29, 1.82) is 0 Å². The number of nitrogens with zero attached hydrogens (tertiary/aromatic N) is 1. The summed E-state index contributed by atoms with van der Waals surface area (Å²) < 4.78 is 0. The van der Waals surface area contributed by atoms with Gasteiger partial charge < -0.3 is 10.4 Å². The van der Waals surface area contributed by atoms with Crippen LogP contribution in [-0.4, -0.2) is 28.5 Å². The lowest BCUT2D eigenvalue weighted by atomic mass is 10.0. The highest BCUT2D eigenvalue weighted by atomic mass is 16.4. The summed E-state index contributed by atoms with van der Waals surface area (Å²) in [5, 5.41) is 12.0. The molecule has 5 heteroatoms. The fraction of sp³-hybridized carbons (Fsp3) is 0.312. The molecule has 2 N–H and O–H groups in total. The molecule has 1 heterocycles. The third-order valence-electron chi connectivity index (χ3n) is 3.20. The number of carbonyl (C=O) groups excluding carboxylic acids is 1. The molecule has 0 saturated carbocycles. The average molecular weight is 286 g/mol. The summed E-state index contributed by atoms with van der Waals surface area (Å²) in [5.74, 6) is -0.991. The number of aromatic nitrogens is 1. The van der Waals surface area contributed by atoms with Crippen LogP contribution >= 0.6 is 0 Å². The van der Waals surface area contributed by atoms with Gasteiger partial charge in [-0.05, 0) is 18.1 Å². The van der Waals surface area contributed by atoms with Crippen molar-refractivity contribution in [2.75, 3.05) is 6.54 Å². The smallest absolute Gasteiger partial charge is 0.305 e. The van der Waals surface area contributed by atoms with Crippen LogP contribution in [-0.2, 0) is 4.79 Å². The van der Waals surface area contributed by atoms with Gasteiger partial charge in [0.25, 0.3) is 5.91 Å². The summed E-state index contributed by atoms with van der Waals surface area (Å²) in [6.45, 7) is 4.15. The minimum absolute atomic E-state index is 0.0915. The van der Waals surface area contributed by atoms with Gasteiger partial charge in [0.05, 0.1) is 17.5 Å². The normalized spacial score (nSPS) is 10.8. The molecular formula is C16H18N2O3. The Hall–Kier alpha value is -2.43. The number of fused-ring (bicyclic) bond motifs is 1. The number of carboxylic acids is 1. The number of amides is 1. The number of nitrogens with one attached hydrogen (secondary N) is 1. The Balaban J connectivity index is 2.36. The zero-order valence-electron chi connectivity index (χ0n) is 12.1. The standard InChI is InChI=1S/C16H18N2O3/c1-10(2)14-9-12(16(21)17-8-7-15(19)20)11-5-3-4-6-13(11)18-14/h3-6,9-10H,7-8H2,1-2H3,(H,17,21)(H,19,20). The number of carboxylic acid groups (broad SMARTS) is 1. The number of rotatable bonds is 5. The van der Waals surface area contributed by atoms with Gasteiger partial charge in [-0.2, -0.15) is 0 Å². The van der Waals surface area contributed by atoms with Crippen LogP contribution in [0.3, 0.4) is 0 Å². The summed E-state index contributed by atoms with van der Waals surface area (Å²) >= 11 is 0. The quantitative estimate of drug-likeness (QED) is 0.885. The molecule has 0 aliphatic heterocycles. The highest BCUT2D eigenvalue weighted by Gasteiger charge is 2.14. The van der Waals surface area contributed by atoms with Crippen molar-refractivity contribution in [3.05, 3.63) is 41.6 Å². The Morgan fingerprint density at radius 3 is 2.67 bits per heavy atom. The van der Waals surface area contributed by atoms with Gasteiger partial charge in [-0.15, -0.1) is 0 Å². The first kappa shape index (κ1) is 15.0. The van der Waals surface area contributed by atoms with E-state index in [4.69, 9.17) is 5.11 Å². The monoisotopic (exact) mass is 286 g/mol. The number of pyridine rings is 1. The van der Waals surface area contributed by atoms with Crippen LogP contribution in [0.25, 0.3) is 10.9 Å². The Morgan fingerprint density at radius 2 is 2.00 bits per heavy atom. The van der Waals surface area contributed by atoms with E-state index in [1.807, 2.05) is 38.1 Å². The molecule has 1 aromatic heterocycles. The molecule has 0 aliphatic rings. The molecule has 5 nitrogen and oxygen atoms in total. The molecule has 21 heavy (non-hydrogen) atoms. The van der Waals surface area contributed by atoms with Gasteiger partial charge in [-0.1, -0.05) is 32.0 Å². The van der Waals surface area contributed by atoms with Crippen molar-refractivity contribution in [1.82, 2.24) is 10.3 Å². The zero-order chi connectivity index (χ0) is 15.4. The molecule has 0 spiro atoms. The van der Waals surface area contributed by atoms with E-state index in [-0.39, 0.29) is 24.8 Å².